The zero-order valence-electron chi connectivity index (χ0n) is 15.1. The molecule has 0 aliphatic carbocycles. The summed E-state index contributed by atoms with van der Waals surface area (Å²) in [6, 6.07) is 13.3. The Morgan fingerprint density at radius 1 is 1.19 bits per heavy atom. The second-order valence-electron chi connectivity index (χ2n) is 6.23. The molecule has 0 atom stereocenters. The van der Waals surface area contributed by atoms with E-state index in [9.17, 15) is 9.18 Å². The number of benzene rings is 2. The average molecular weight is 369 g/mol. The summed E-state index contributed by atoms with van der Waals surface area (Å²) < 4.78 is 24.4. The van der Waals surface area contributed by atoms with Crippen LogP contribution in [-0.2, 0) is 11.2 Å². The number of hydrogen-bond donors (Lipinski definition) is 1. The van der Waals surface area contributed by atoms with Crippen LogP contribution in [0, 0.1) is 5.82 Å². The van der Waals surface area contributed by atoms with Gasteiger partial charge in [-0.05, 0) is 50.2 Å². The molecule has 1 aromatic heterocycles. The number of aryl methyl sites for hydroxylation is 1. The maximum Gasteiger partial charge on any atom is 0.227 e. The third-order valence-electron chi connectivity index (χ3n) is 3.66. The molecule has 27 heavy (non-hydrogen) atoms. The zero-order chi connectivity index (χ0) is 19.2. The van der Waals surface area contributed by atoms with Crippen molar-refractivity contribution in [1.82, 2.24) is 10.1 Å². The maximum atomic E-state index is 13.7. The molecule has 0 spiro atoms. The van der Waals surface area contributed by atoms with Gasteiger partial charge in [-0.25, -0.2) is 4.39 Å². The van der Waals surface area contributed by atoms with Gasteiger partial charge in [0.2, 0.25) is 17.6 Å². The Morgan fingerprint density at radius 2 is 1.93 bits per heavy atom. The summed E-state index contributed by atoms with van der Waals surface area (Å²) in [5.41, 5.74) is 0.939. The highest BCUT2D eigenvalue weighted by molar-refractivity contribution is 5.90. The fourth-order valence-electron chi connectivity index (χ4n) is 2.44. The smallest absolute Gasteiger partial charge is 0.227 e. The number of halogens is 1. The summed E-state index contributed by atoms with van der Waals surface area (Å²) in [7, 11) is 0. The van der Waals surface area contributed by atoms with Crippen molar-refractivity contribution in [2.75, 3.05) is 5.32 Å². The van der Waals surface area contributed by atoms with Crippen molar-refractivity contribution in [3.8, 4) is 17.1 Å². The molecular formula is C20H20FN3O3. The molecule has 3 rings (SSSR count). The van der Waals surface area contributed by atoms with Crippen LogP contribution in [0.2, 0.25) is 0 Å². The molecule has 7 heteroatoms. The van der Waals surface area contributed by atoms with Crippen LogP contribution in [0.5, 0.6) is 5.75 Å². The van der Waals surface area contributed by atoms with Gasteiger partial charge in [-0.3, -0.25) is 4.79 Å². The summed E-state index contributed by atoms with van der Waals surface area (Å²) in [5.74, 6) is 0.591. The molecule has 0 radical (unpaired) electrons. The van der Waals surface area contributed by atoms with E-state index in [4.69, 9.17) is 9.26 Å². The molecule has 1 N–H and O–H groups in total. The molecule has 0 aliphatic rings. The number of carbonyl (C=O) groups excluding carboxylic acids is 1. The van der Waals surface area contributed by atoms with E-state index >= 15 is 0 Å². The van der Waals surface area contributed by atoms with Crippen LogP contribution in [-0.4, -0.2) is 22.2 Å². The van der Waals surface area contributed by atoms with E-state index < -0.39 is 5.82 Å². The van der Waals surface area contributed by atoms with Crippen molar-refractivity contribution in [2.45, 2.75) is 32.8 Å². The van der Waals surface area contributed by atoms with Gasteiger partial charge in [-0.15, -0.1) is 0 Å². The number of amides is 1. The fraction of sp³-hybridized carbons (Fsp3) is 0.250. The summed E-state index contributed by atoms with van der Waals surface area (Å²) >= 11 is 0. The molecule has 2 aromatic carbocycles. The minimum Gasteiger partial charge on any atom is -0.491 e. The lowest BCUT2D eigenvalue weighted by atomic mass is 10.2. The third-order valence-corrected chi connectivity index (χ3v) is 3.66. The lowest BCUT2D eigenvalue weighted by Gasteiger charge is -2.10. The topological polar surface area (TPSA) is 77.2 Å². The fourth-order valence-corrected chi connectivity index (χ4v) is 2.44. The molecule has 0 saturated carbocycles. The van der Waals surface area contributed by atoms with E-state index in [0.29, 0.717) is 5.69 Å². The number of nitrogens with one attached hydrogen (secondary N) is 1. The first-order valence-electron chi connectivity index (χ1n) is 8.65. The summed E-state index contributed by atoms with van der Waals surface area (Å²) in [5, 5.41) is 6.57. The molecule has 3 aromatic rings. The van der Waals surface area contributed by atoms with E-state index in [1.807, 2.05) is 13.8 Å². The Hall–Kier alpha value is -3.22. The quantitative estimate of drug-likeness (QED) is 0.674. The standard InChI is InChI=1S/C20H20FN3O3/c1-13(2)26-15-9-7-14(8-10-15)22-18(25)11-12-19-23-20(24-27-19)16-5-3-4-6-17(16)21/h3-10,13H,11-12H2,1-2H3,(H,22,25). The largest absolute Gasteiger partial charge is 0.491 e. The highest BCUT2D eigenvalue weighted by Crippen LogP contribution is 2.20. The minimum atomic E-state index is -0.424. The Balaban J connectivity index is 1.53. The van der Waals surface area contributed by atoms with Crippen molar-refractivity contribution in [2.24, 2.45) is 0 Å². The number of hydrogen-bond acceptors (Lipinski definition) is 5. The van der Waals surface area contributed by atoms with Gasteiger partial charge in [0.15, 0.2) is 0 Å². The average Bonchev–Trinajstić information content (AvgIpc) is 3.10. The summed E-state index contributed by atoms with van der Waals surface area (Å²) in [4.78, 5) is 16.2. The van der Waals surface area contributed by atoms with Crippen LogP contribution in [0.15, 0.2) is 53.1 Å². The molecule has 6 nitrogen and oxygen atoms in total. The SMILES string of the molecule is CC(C)Oc1ccc(NC(=O)CCc2nc(-c3ccccc3F)no2)cc1. The number of anilines is 1. The molecule has 0 saturated heterocycles. The lowest BCUT2D eigenvalue weighted by molar-refractivity contribution is -0.116. The first-order chi connectivity index (χ1) is 13.0. The van der Waals surface area contributed by atoms with Gasteiger partial charge in [0, 0.05) is 18.5 Å². The van der Waals surface area contributed by atoms with Gasteiger partial charge in [0.25, 0.3) is 0 Å². The van der Waals surface area contributed by atoms with Crippen LogP contribution < -0.4 is 10.1 Å². The van der Waals surface area contributed by atoms with Gasteiger partial charge in [-0.2, -0.15) is 4.98 Å². The zero-order valence-corrected chi connectivity index (χ0v) is 15.1. The molecule has 0 aliphatic heterocycles. The number of nitrogens with zero attached hydrogens (tertiary/aromatic N) is 2. The molecular weight excluding hydrogens is 349 g/mol. The normalized spacial score (nSPS) is 10.8. The highest BCUT2D eigenvalue weighted by Gasteiger charge is 2.13. The monoisotopic (exact) mass is 369 g/mol. The number of ether oxygens (including phenoxy) is 1. The van der Waals surface area contributed by atoms with Gasteiger partial charge in [0.1, 0.15) is 11.6 Å². The van der Waals surface area contributed by atoms with E-state index in [1.165, 1.54) is 6.07 Å². The van der Waals surface area contributed by atoms with Gasteiger partial charge >= 0.3 is 0 Å². The number of carbonyl (C=O) groups is 1. The molecule has 1 amide bonds. The van der Waals surface area contributed by atoms with E-state index in [0.717, 1.165) is 5.75 Å². The van der Waals surface area contributed by atoms with Crippen LogP contribution in [0.4, 0.5) is 10.1 Å². The molecule has 0 bridgehead atoms. The Kier molecular flexibility index (Phi) is 5.80. The molecule has 1 heterocycles. The van der Waals surface area contributed by atoms with Crippen molar-refractivity contribution < 1.29 is 18.4 Å². The predicted octanol–water partition coefficient (Wildman–Crippen LogP) is 4.23. The third kappa shape index (κ3) is 5.13. The van der Waals surface area contributed by atoms with Crippen LogP contribution in [0.3, 0.4) is 0 Å². The summed E-state index contributed by atoms with van der Waals surface area (Å²) in [6.07, 6.45) is 0.527. The van der Waals surface area contributed by atoms with Crippen molar-refractivity contribution in [1.29, 1.82) is 0 Å². The van der Waals surface area contributed by atoms with Gasteiger partial charge in [0.05, 0.1) is 11.7 Å². The van der Waals surface area contributed by atoms with Crippen molar-refractivity contribution >= 4 is 11.6 Å². The molecule has 140 valence electrons. The number of aromatic nitrogens is 2. The van der Waals surface area contributed by atoms with Crippen LogP contribution in [0.25, 0.3) is 11.4 Å². The lowest BCUT2D eigenvalue weighted by Crippen LogP contribution is -2.12. The second kappa shape index (κ2) is 8.44. The second-order valence-corrected chi connectivity index (χ2v) is 6.23. The number of rotatable bonds is 7. The first-order valence-corrected chi connectivity index (χ1v) is 8.65. The van der Waals surface area contributed by atoms with Crippen molar-refractivity contribution in [3.05, 3.63) is 60.2 Å². The molecule has 0 unspecified atom stereocenters. The first kappa shape index (κ1) is 18.6. The van der Waals surface area contributed by atoms with E-state index in [1.54, 1.807) is 42.5 Å². The van der Waals surface area contributed by atoms with Crippen LogP contribution >= 0.6 is 0 Å². The molecule has 0 fully saturated rings. The predicted molar refractivity (Wildman–Crippen MR) is 98.8 cm³/mol. The Labute approximate surface area is 156 Å². The van der Waals surface area contributed by atoms with Gasteiger partial charge < -0.3 is 14.6 Å². The van der Waals surface area contributed by atoms with E-state index in [2.05, 4.69) is 15.5 Å². The van der Waals surface area contributed by atoms with E-state index in [-0.39, 0.29) is 42.1 Å². The van der Waals surface area contributed by atoms with Crippen molar-refractivity contribution in [3.63, 3.8) is 0 Å². The van der Waals surface area contributed by atoms with Crippen LogP contribution in [0.1, 0.15) is 26.2 Å². The Morgan fingerprint density at radius 3 is 2.63 bits per heavy atom. The maximum absolute atomic E-state index is 13.7. The Bertz CT molecular complexity index is 907. The highest BCUT2D eigenvalue weighted by atomic mass is 19.1. The van der Waals surface area contributed by atoms with Gasteiger partial charge in [-0.1, -0.05) is 17.3 Å². The minimum absolute atomic E-state index is 0.0918. The summed E-state index contributed by atoms with van der Waals surface area (Å²) in [6.45, 7) is 3.90.